The molecular weight excluding hydrogens is 831 g/mol. The number of rotatable bonds is 8. The van der Waals surface area contributed by atoms with Crippen LogP contribution < -0.4 is 4.90 Å². The lowest BCUT2D eigenvalue weighted by molar-refractivity contribution is 0.332. The molecule has 0 bridgehead atoms. The van der Waals surface area contributed by atoms with Crippen molar-refractivity contribution in [1.82, 2.24) is 0 Å². The maximum Gasteiger partial charge on any atom is 0.0714 e. The lowest BCUT2D eigenvalue weighted by Crippen LogP contribution is -2.36. The van der Waals surface area contributed by atoms with Crippen LogP contribution in [-0.2, 0) is 27.1 Å². The molecule has 0 saturated carbocycles. The Labute approximate surface area is 413 Å². The number of anilines is 3. The maximum absolute atomic E-state index is 2.71. The highest BCUT2D eigenvalue weighted by atomic mass is 15.1. The number of fused-ring (bicyclic) bond motifs is 5. The van der Waals surface area contributed by atoms with Crippen LogP contribution in [0.4, 0.5) is 17.1 Å². The van der Waals surface area contributed by atoms with Gasteiger partial charge in [0.25, 0.3) is 0 Å². The van der Waals surface area contributed by atoms with Crippen molar-refractivity contribution in [2.24, 2.45) is 0 Å². The van der Waals surface area contributed by atoms with Gasteiger partial charge in [-0.3, -0.25) is 0 Å². The predicted octanol–water partition coefficient (Wildman–Crippen LogP) is 18.7. The van der Waals surface area contributed by atoms with Crippen LogP contribution in [0.1, 0.15) is 151 Å². The second kappa shape index (κ2) is 16.3. The third-order valence-corrected chi connectivity index (χ3v) is 17.0. The van der Waals surface area contributed by atoms with Gasteiger partial charge in [-0.05, 0) is 161 Å². The maximum atomic E-state index is 2.71. The van der Waals surface area contributed by atoms with Gasteiger partial charge in [0.05, 0.1) is 16.8 Å². The average Bonchev–Trinajstić information content (AvgIpc) is 3.65. The topological polar surface area (TPSA) is 3.24 Å². The molecule has 69 heavy (non-hydrogen) atoms. The second-order valence-electron chi connectivity index (χ2n) is 23.5. The van der Waals surface area contributed by atoms with Crippen molar-refractivity contribution in [3.05, 3.63) is 232 Å². The minimum Gasteiger partial charge on any atom is -0.310 e. The van der Waals surface area contributed by atoms with Gasteiger partial charge in [0.15, 0.2) is 0 Å². The van der Waals surface area contributed by atoms with Gasteiger partial charge in [0.1, 0.15) is 0 Å². The summed E-state index contributed by atoms with van der Waals surface area (Å²) in [7, 11) is 0. The Morgan fingerprint density at radius 3 is 1.49 bits per heavy atom. The number of hydrogen-bond acceptors (Lipinski definition) is 1. The van der Waals surface area contributed by atoms with Gasteiger partial charge in [0.2, 0.25) is 0 Å². The zero-order valence-corrected chi connectivity index (χ0v) is 42.7. The highest BCUT2D eigenvalue weighted by molar-refractivity contribution is 5.99. The molecule has 11 rings (SSSR count). The summed E-state index contributed by atoms with van der Waals surface area (Å²) in [5, 5.41) is 0. The molecule has 0 radical (unpaired) electrons. The lowest BCUT2D eigenvalue weighted by Gasteiger charge is -2.46. The standard InChI is InChI=1S/C68H69N/c1-45(2)51-37-38-57-63(67(9,10)42-40-65(57,5)6)61(51)54-43-53-52-29-20-21-30-55(52)68(48-25-16-12-17-26-48,49-27-18-13-19-28-49)58(53)44-60(54)69(50-35-33-47(34-36-50)46-23-14-11-15-24-46)59-32-22-31-56-62(59)66(7,8)41-39-64(56,3)4/h11-38,43-45H,39-42H2,1-10H3. The van der Waals surface area contributed by atoms with Crippen molar-refractivity contribution in [3.8, 4) is 33.4 Å². The van der Waals surface area contributed by atoms with Crippen LogP contribution in [0.25, 0.3) is 33.4 Å². The monoisotopic (exact) mass is 900 g/mol. The first kappa shape index (κ1) is 45.0. The van der Waals surface area contributed by atoms with E-state index in [0.29, 0.717) is 5.92 Å². The summed E-state index contributed by atoms with van der Waals surface area (Å²) in [6.45, 7) is 24.7. The Hall–Kier alpha value is -6.44. The van der Waals surface area contributed by atoms with Gasteiger partial charge in [-0.1, -0.05) is 221 Å². The number of hydrogen-bond donors (Lipinski definition) is 0. The van der Waals surface area contributed by atoms with Gasteiger partial charge in [-0.25, -0.2) is 0 Å². The van der Waals surface area contributed by atoms with Crippen molar-refractivity contribution in [1.29, 1.82) is 0 Å². The van der Waals surface area contributed by atoms with E-state index in [1.807, 2.05) is 0 Å². The molecule has 8 aromatic rings. The molecule has 0 spiro atoms. The molecule has 1 heteroatoms. The lowest BCUT2D eigenvalue weighted by atomic mass is 9.60. The molecule has 0 N–H and O–H groups in total. The quantitative estimate of drug-likeness (QED) is 0.147. The van der Waals surface area contributed by atoms with E-state index in [1.165, 1.54) is 101 Å². The van der Waals surface area contributed by atoms with Crippen molar-refractivity contribution >= 4 is 17.1 Å². The minimum absolute atomic E-state index is 0.0286. The van der Waals surface area contributed by atoms with E-state index in [1.54, 1.807) is 0 Å². The zero-order chi connectivity index (χ0) is 48.1. The van der Waals surface area contributed by atoms with Crippen molar-refractivity contribution in [3.63, 3.8) is 0 Å². The summed E-state index contributed by atoms with van der Waals surface area (Å²) in [5.74, 6) is 0.301. The third kappa shape index (κ3) is 7.09. The van der Waals surface area contributed by atoms with Crippen molar-refractivity contribution < 1.29 is 0 Å². The van der Waals surface area contributed by atoms with E-state index in [2.05, 4.69) is 256 Å². The molecule has 0 amide bonds. The summed E-state index contributed by atoms with van der Waals surface area (Å²) in [6.07, 6.45) is 4.57. The Balaban J connectivity index is 1.35. The molecule has 346 valence electrons. The summed E-state index contributed by atoms with van der Waals surface area (Å²) >= 11 is 0. The van der Waals surface area contributed by atoms with Crippen LogP contribution in [0.5, 0.6) is 0 Å². The van der Waals surface area contributed by atoms with E-state index in [4.69, 9.17) is 0 Å². The highest BCUT2D eigenvalue weighted by Crippen LogP contribution is 2.62. The first-order valence-electron chi connectivity index (χ1n) is 25.7. The molecule has 0 atom stereocenters. The number of nitrogens with zero attached hydrogens (tertiary/aromatic N) is 1. The molecule has 0 saturated heterocycles. The molecule has 0 aromatic heterocycles. The molecule has 0 fully saturated rings. The fourth-order valence-corrected chi connectivity index (χ4v) is 13.1. The second-order valence-corrected chi connectivity index (χ2v) is 23.5. The molecule has 8 aromatic carbocycles. The van der Waals surface area contributed by atoms with Gasteiger partial charge in [-0.2, -0.15) is 0 Å². The predicted molar refractivity (Wildman–Crippen MR) is 294 cm³/mol. The van der Waals surface area contributed by atoms with Gasteiger partial charge >= 0.3 is 0 Å². The molecule has 1 nitrogen and oxygen atoms in total. The van der Waals surface area contributed by atoms with Gasteiger partial charge in [-0.15, -0.1) is 0 Å². The zero-order valence-electron chi connectivity index (χ0n) is 42.7. The van der Waals surface area contributed by atoms with Crippen LogP contribution in [0.15, 0.2) is 182 Å². The van der Waals surface area contributed by atoms with E-state index in [0.717, 1.165) is 25.7 Å². The van der Waals surface area contributed by atoms with Crippen LogP contribution in [0, 0.1) is 0 Å². The fourth-order valence-electron chi connectivity index (χ4n) is 13.1. The van der Waals surface area contributed by atoms with Crippen LogP contribution in [0.2, 0.25) is 0 Å². The molecule has 3 aliphatic rings. The van der Waals surface area contributed by atoms with Crippen LogP contribution >= 0.6 is 0 Å². The Bertz CT molecular complexity index is 3180. The van der Waals surface area contributed by atoms with Crippen LogP contribution in [0.3, 0.4) is 0 Å². The molecule has 0 heterocycles. The van der Waals surface area contributed by atoms with E-state index < -0.39 is 5.41 Å². The minimum atomic E-state index is -0.569. The van der Waals surface area contributed by atoms with Crippen molar-refractivity contribution in [2.45, 2.75) is 128 Å². The Morgan fingerprint density at radius 1 is 0.377 bits per heavy atom. The van der Waals surface area contributed by atoms with Gasteiger partial charge in [0, 0.05) is 11.3 Å². The summed E-state index contributed by atoms with van der Waals surface area (Å²) < 4.78 is 0. The smallest absolute Gasteiger partial charge is 0.0714 e. The van der Waals surface area contributed by atoms with Gasteiger partial charge < -0.3 is 4.90 Å². The average molecular weight is 900 g/mol. The van der Waals surface area contributed by atoms with E-state index in [9.17, 15) is 0 Å². The molecule has 3 aliphatic carbocycles. The van der Waals surface area contributed by atoms with E-state index >= 15 is 0 Å². The van der Waals surface area contributed by atoms with Crippen LogP contribution in [-0.4, -0.2) is 0 Å². The Morgan fingerprint density at radius 2 is 0.884 bits per heavy atom. The normalized spacial score (nSPS) is 17.6. The summed E-state index contributed by atoms with van der Waals surface area (Å²) in [5.41, 5.74) is 23.4. The Kier molecular flexibility index (Phi) is 10.7. The van der Waals surface area contributed by atoms with E-state index in [-0.39, 0.29) is 21.7 Å². The molecule has 0 unspecified atom stereocenters. The summed E-state index contributed by atoms with van der Waals surface area (Å²) in [4.78, 5) is 2.71. The highest BCUT2D eigenvalue weighted by Gasteiger charge is 2.48. The van der Waals surface area contributed by atoms with Crippen molar-refractivity contribution in [2.75, 3.05) is 4.90 Å². The summed E-state index contributed by atoms with van der Waals surface area (Å²) in [6, 6.07) is 69.9. The third-order valence-electron chi connectivity index (χ3n) is 17.0. The first-order chi connectivity index (χ1) is 33.0. The molecular formula is C68H69N. The molecule has 0 aliphatic heterocycles. The fraction of sp³-hybridized carbons (Fsp3) is 0.294. The number of benzene rings is 8. The SMILES string of the molecule is CC(C)c1ccc2c(c1-c1cc3c(cc1N(c1ccc(-c4ccccc4)cc1)c1cccc4c1C(C)(C)CCC4(C)C)C(c1ccccc1)(c1ccccc1)c1ccccc1-3)C(C)(C)CCC2(C)C. The first-order valence-corrected chi connectivity index (χ1v) is 25.7. The largest absolute Gasteiger partial charge is 0.310 e.